The highest BCUT2D eigenvalue weighted by molar-refractivity contribution is 7.90. The molecular weight excluding hydrogens is 342 g/mol. The zero-order chi connectivity index (χ0) is 18.5. The van der Waals surface area contributed by atoms with Crippen molar-refractivity contribution in [1.29, 1.82) is 0 Å². The summed E-state index contributed by atoms with van der Waals surface area (Å²) in [5.41, 5.74) is 0.259. The Bertz CT molecular complexity index is 756. The summed E-state index contributed by atoms with van der Waals surface area (Å²) in [6.45, 7) is 6.78. The van der Waals surface area contributed by atoms with Crippen LogP contribution in [0.3, 0.4) is 0 Å². The van der Waals surface area contributed by atoms with Crippen LogP contribution in [0.5, 0.6) is 0 Å². The number of carbonyl (C=O) groups is 1. The summed E-state index contributed by atoms with van der Waals surface area (Å²) in [6, 6.07) is 6.87. The molecule has 2 heterocycles. The van der Waals surface area contributed by atoms with E-state index in [1.54, 1.807) is 17.0 Å². The molecule has 1 atom stereocenters. The Morgan fingerprint density at radius 3 is 2.24 bits per heavy atom. The van der Waals surface area contributed by atoms with Crippen molar-refractivity contribution < 1.29 is 22.7 Å². The lowest BCUT2D eigenvalue weighted by Gasteiger charge is -2.32. The van der Waals surface area contributed by atoms with Gasteiger partial charge in [0.1, 0.15) is 17.3 Å². The molecule has 1 aromatic carbocycles. The van der Waals surface area contributed by atoms with Gasteiger partial charge in [-0.1, -0.05) is 12.1 Å². The first-order chi connectivity index (χ1) is 11.5. The zero-order valence-corrected chi connectivity index (χ0v) is 15.9. The van der Waals surface area contributed by atoms with Crippen LogP contribution in [0.2, 0.25) is 0 Å². The molecule has 1 amide bonds. The molecule has 6 nitrogen and oxygen atoms in total. The van der Waals surface area contributed by atoms with Crippen molar-refractivity contribution >= 4 is 15.9 Å². The first-order valence-corrected chi connectivity index (χ1v) is 10.4. The summed E-state index contributed by atoms with van der Waals surface area (Å²) >= 11 is 0. The summed E-state index contributed by atoms with van der Waals surface area (Å²) in [6.07, 6.45) is 2.40. The lowest BCUT2D eigenvalue weighted by molar-refractivity contribution is 0.0165. The van der Waals surface area contributed by atoms with Gasteiger partial charge < -0.3 is 14.4 Å². The second kappa shape index (κ2) is 5.99. The maximum atomic E-state index is 12.1. The molecule has 0 aromatic heterocycles. The topological polar surface area (TPSA) is 76.2 Å². The Kier molecular flexibility index (Phi) is 4.36. The molecule has 0 N–H and O–H groups in total. The van der Waals surface area contributed by atoms with E-state index in [1.165, 1.54) is 6.26 Å². The van der Waals surface area contributed by atoms with Crippen LogP contribution in [0.1, 0.15) is 45.3 Å². The van der Waals surface area contributed by atoms with Crippen LogP contribution in [0.4, 0.5) is 4.79 Å². The van der Waals surface area contributed by atoms with Gasteiger partial charge in [-0.3, -0.25) is 0 Å². The summed E-state index contributed by atoms with van der Waals surface area (Å²) in [4.78, 5) is 14.2. The average Bonchev–Trinajstić information content (AvgIpc) is 3.19. The van der Waals surface area contributed by atoms with E-state index in [-0.39, 0.29) is 17.8 Å². The number of hydrogen-bond donors (Lipinski definition) is 0. The largest absolute Gasteiger partial charge is 0.444 e. The molecule has 0 saturated carbocycles. The maximum absolute atomic E-state index is 12.1. The van der Waals surface area contributed by atoms with Crippen molar-refractivity contribution in [3.8, 4) is 0 Å². The molecule has 0 aliphatic carbocycles. The number of hydrogen-bond acceptors (Lipinski definition) is 5. The fourth-order valence-electron chi connectivity index (χ4n) is 3.24. The Morgan fingerprint density at radius 1 is 1.20 bits per heavy atom. The zero-order valence-electron chi connectivity index (χ0n) is 15.1. The predicted octanol–water partition coefficient (Wildman–Crippen LogP) is 2.93. The number of likely N-dealkylation sites (tertiary alicyclic amines) is 1. The standard InChI is InChI=1S/C18H25NO5S/c1-17(2,3)24-16(20)19-11-9-18(10-12-19)15(23-18)13-5-7-14(8-6-13)25(4,21)22/h5-8,15H,9-12H2,1-4H3. The number of nitrogens with zero attached hydrogens (tertiary/aromatic N) is 1. The van der Waals surface area contributed by atoms with E-state index in [1.807, 2.05) is 32.9 Å². The van der Waals surface area contributed by atoms with Gasteiger partial charge in [0.25, 0.3) is 0 Å². The quantitative estimate of drug-likeness (QED) is 0.751. The van der Waals surface area contributed by atoms with Crippen molar-refractivity contribution in [2.45, 2.75) is 55.8 Å². The Hall–Kier alpha value is -1.60. The SMILES string of the molecule is CC(C)(C)OC(=O)N1CCC2(CC1)OC2c1ccc(S(C)(=O)=O)cc1. The molecule has 1 aromatic rings. The molecule has 0 radical (unpaired) electrons. The molecule has 25 heavy (non-hydrogen) atoms. The summed E-state index contributed by atoms with van der Waals surface area (Å²) in [5, 5.41) is 0. The second-order valence-corrected chi connectivity index (χ2v) is 9.89. The first-order valence-electron chi connectivity index (χ1n) is 8.46. The van der Waals surface area contributed by atoms with Crippen molar-refractivity contribution in [2.24, 2.45) is 0 Å². The highest BCUT2D eigenvalue weighted by Gasteiger charge is 2.58. The minimum absolute atomic E-state index is 0.0260. The molecule has 3 rings (SSSR count). The van der Waals surface area contributed by atoms with Gasteiger partial charge in [0.15, 0.2) is 9.84 Å². The Labute approximate surface area is 149 Å². The van der Waals surface area contributed by atoms with E-state index < -0.39 is 15.4 Å². The monoisotopic (exact) mass is 367 g/mol. The number of epoxide rings is 1. The minimum Gasteiger partial charge on any atom is -0.444 e. The van der Waals surface area contributed by atoms with Crippen molar-refractivity contribution in [2.75, 3.05) is 19.3 Å². The van der Waals surface area contributed by atoms with Crippen molar-refractivity contribution in [3.05, 3.63) is 29.8 Å². The van der Waals surface area contributed by atoms with Crippen LogP contribution in [0.15, 0.2) is 29.2 Å². The van der Waals surface area contributed by atoms with Crippen molar-refractivity contribution in [1.82, 2.24) is 4.90 Å². The molecule has 2 fully saturated rings. The number of amides is 1. The van der Waals surface area contributed by atoms with E-state index in [9.17, 15) is 13.2 Å². The smallest absolute Gasteiger partial charge is 0.410 e. The van der Waals surface area contributed by atoms with Crippen LogP contribution in [-0.4, -0.2) is 50.0 Å². The number of carbonyl (C=O) groups excluding carboxylic acids is 1. The van der Waals surface area contributed by atoms with Gasteiger partial charge in [0.2, 0.25) is 0 Å². The minimum atomic E-state index is -3.19. The number of rotatable bonds is 2. The van der Waals surface area contributed by atoms with Crippen molar-refractivity contribution in [3.63, 3.8) is 0 Å². The lowest BCUT2D eigenvalue weighted by atomic mass is 9.90. The van der Waals surface area contributed by atoms with E-state index >= 15 is 0 Å². The van der Waals surface area contributed by atoms with Gasteiger partial charge in [-0.05, 0) is 51.3 Å². The molecule has 1 spiro atoms. The van der Waals surface area contributed by atoms with E-state index in [0.29, 0.717) is 18.0 Å². The van der Waals surface area contributed by atoms with E-state index in [0.717, 1.165) is 18.4 Å². The average molecular weight is 367 g/mol. The Morgan fingerprint density at radius 2 is 1.76 bits per heavy atom. The number of sulfone groups is 1. The Balaban J connectivity index is 1.60. The summed E-state index contributed by atoms with van der Waals surface area (Å²) < 4.78 is 34.5. The lowest BCUT2D eigenvalue weighted by Crippen LogP contribution is -2.44. The molecule has 138 valence electrons. The van der Waals surface area contributed by atoms with Gasteiger partial charge in [-0.2, -0.15) is 0 Å². The van der Waals surface area contributed by atoms with Gasteiger partial charge in [-0.25, -0.2) is 13.2 Å². The van der Waals surface area contributed by atoms with Gasteiger partial charge in [0, 0.05) is 19.3 Å². The van der Waals surface area contributed by atoms with Crippen LogP contribution < -0.4 is 0 Å². The van der Waals surface area contributed by atoms with Crippen LogP contribution in [0.25, 0.3) is 0 Å². The highest BCUT2D eigenvalue weighted by atomic mass is 32.2. The molecular formula is C18H25NO5S. The number of piperidine rings is 1. The van der Waals surface area contributed by atoms with Crippen LogP contribution in [-0.2, 0) is 19.3 Å². The number of ether oxygens (including phenoxy) is 2. The van der Waals surface area contributed by atoms with E-state index in [2.05, 4.69) is 0 Å². The van der Waals surface area contributed by atoms with Crippen LogP contribution >= 0.6 is 0 Å². The maximum Gasteiger partial charge on any atom is 0.410 e. The molecule has 2 saturated heterocycles. The molecule has 7 heteroatoms. The first kappa shape index (κ1) is 18.2. The van der Waals surface area contributed by atoms with Crippen LogP contribution in [0, 0.1) is 0 Å². The normalized spacial score (nSPS) is 22.7. The third kappa shape index (κ3) is 3.98. The second-order valence-electron chi connectivity index (χ2n) is 7.87. The fraction of sp³-hybridized carbons (Fsp3) is 0.611. The third-order valence-corrected chi connectivity index (χ3v) is 5.77. The fourth-order valence-corrected chi connectivity index (χ4v) is 3.87. The van der Waals surface area contributed by atoms with E-state index in [4.69, 9.17) is 9.47 Å². The van der Waals surface area contributed by atoms with Gasteiger partial charge in [0.05, 0.1) is 4.90 Å². The van der Waals surface area contributed by atoms with Gasteiger partial charge in [-0.15, -0.1) is 0 Å². The summed E-state index contributed by atoms with van der Waals surface area (Å²) in [7, 11) is -3.19. The number of benzene rings is 1. The summed E-state index contributed by atoms with van der Waals surface area (Å²) in [5.74, 6) is 0. The third-order valence-electron chi connectivity index (χ3n) is 4.65. The predicted molar refractivity (Wildman–Crippen MR) is 93.1 cm³/mol. The molecule has 1 unspecified atom stereocenters. The molecule has 2 aliphatic rings. The van der Waals surface area contributed by atoms with Gasteiger partial charge >= 0.3 is 6.09 Å². The molecule has 2 aliphatic heterocycles. The molecule has 0 bridgehead atoms. The highest BCUT2D eigenvalue weighted by Crippen LogP contribution is 2.55.